The third-order valence-electron chi connectivity index (χ3n) is 2.89. The second-order valence-corrected chi connectivity index (χ2v) is 4.53. The molecule has 0 atom stereocenters. The Morgan fingerprint density at radius 1 is 1.43 bits per heavy atom. The van der Waals surface area contributed by atoms with Crippen molar-refractivity contribution in [2.75, 3.05) is 5.32 Å². The molecule has 0 unspecified atom stereocenters. The number of nitrogens with zero attached hydrogens (tertiary/aromatic N) is 2. The lowest BCUT2D eigenvalue weighted by Gasteiger charge is -2.08. The lowest BCUT2D eigenvalue weighted by molar-refractivity contribution is -0.137. The number of carbonyl (C=O) groups is 1. The van der Waals surface area contributed by atoms with Crippen LogP contribution in [-0.2, 0) is 11.0 Å². The summed E-state index contributed by atoms with van der Waals surface area (Å²) in [5.74, 6) is -1.51. The zero-order valence-electron chi connectivity index (χ0n) is 10.6. The van der Waals surface area contributed by atoms with Gasteiger partial charge >= 0.3 is 6.18 Å². The quantitative estimate of drug-likeness (QED) is 0.510. The Labute approximate surface area is 117 Å². The van der Waals surface area contributed by atoms with E-state index in [9.17, 15) is 23.1 Å². The Morgan fingerprint density at radius 2 is 2.10 bits per heavy atom. The first-order valence-corrected chi connectivity index (χ1v) is 6.00. The monoisotopic (exact) mass is 297 g/mol. The number of rotatable bonds is 3. The summed E-state index contributed by atoms with van der Waals surface area (Å²) in [4.78, 5) is 15.2. The zero-order chi connectivity index (χ0) is 15.6. The first-order valence-electron chi connectivity index (χ1n) is 6.00. The van der Waals surface area contributed by atoms with Crippen LogP contribution in [0, 0.1) is 17.2 Å². The fourth-order valence-electron chi connectivity index (χ4n) is 1.60. The van der Waals surface area contributed by atoms with Gasteiger partial charge in [-0.2, -0.15) is 18.4 Å². The van der Waals surface area contributed by atoms with E-state index in [1.807, 2.05) is 0 Å². The molecule has 0 aliphatic heterocycles. The van der Waals surface area contributed by atoms with Gasteiger partial charge in [0.2, 0.25) is 0 Å². The van der Waals surface area contributed by atoms with Crippen LogP contribution in [0.15, 0.2) is 29.7 Å². The maximum absolute atomic E-state index is 12.4. The number of nitriles is 1. The van der Waals surface area contributed by atoms with Crippen molar-refractivity contribution in [3.63, 3.8) is 0 Å². The molecule has 1 fully saturated rings. The molecule has 0 bridgehead atoms. The Balaban J connectivity index is 2.13. The molecule has 0 saturated heterocycles. The predicted octanol–water partition coefficient (Wildman–Crippen LogP) is 2.78. The number of halogens is 3. The second kappa shape index (κ2) is 5.44. The zero-order valence-corrected chi connectivity index (χ0v) is 10.6. The van der Waals surface area contributed by atoms with Crippen molar-refractivity contribution in [1.29, 1.82) is 5.26 Å². The highest BCUT2D eigenvalue weighted by Gasteiger charge is 2.32. The molecule has 5 nitrogen and oxygen atoms in total. The van der Waals surface area contributed by atoms with Gasteiger partial charge in [-0.3, -0.25) is 4.79 Å². The maximum atomic E-state index is 12.4. The standard InChI is InChI=1S/C13H10F3N3O2/c14-13(15,16)8-3-4-10(18-6-8)19-12(21)9(5-17)11(20)7-1-2-7/h3-4,6-7,20H,1-2H2,(H,18,19,21)/b11-9-. The van der Waals surface area contributed by atoms with Gasteiger partial charge in [-0.15, -0.1) is 0 Å². The minimum Gasteiger partial charge on any atom is -0.510 e. The number of allylic oxidation sites excluding steroid dienone is 1. The number of aliphatic hydroxyl groups excluding tert-OH is 1. The van der Waals surface area contributed by atoms with Gasteiger partial charge in [0.1, 0.15) is 17.6 Å². The Kier molecular flexibility index (Phi) is 3.84. The number of hydrogen-bond acceptors (Lipinski definition) is 4. The number of anilines is 1. The number of carbonyl (C=O) groups excluding carboxylic acids is 1. The normalized spacial score (nSPS) is 15.9. The first kappa shape index (κ1) is 14.8. The lowest BCUT2D eigenvalue weighted by Crippen LogP contribution is -2.17. The highest BCUT2D eigenvalue weighted by atomic mass is 19.4. The molecule has 1 heterocycles. The van der Waals surface area contributed by atoms with Crippen LogP contribution in [0.2, 0.25) is 0 Å². The van der Waals surface area contributed by atoms with E-state index in [4.69, 9.17) is 5.26 Å². The molecule has 2 N–H and O–H groups in total. The molecule has 1 aromatic rings. The summed E-state index contributed by atoms with van der Waals surface area (Å²) in [5, 5.41) is 20.7. The van der Waals surface area contributed by atoms with Crippen LogP contribution in [0.1, 0.15) is 18.4 Å². The number of amides is 1. The van der Waals surface area contributed by atoms with Crippen LogP contribution in [0.25, 0.3) is 0 Å². The van der Waals surface area contributed by atoms with E-state index in [1.165, 1.54) is 0 Å². The van der Waals surface area contributed by atoms with Crippen molar-refractivity contribution in [3.05, 3.63) is 35.2 Å². The average Bonchev–Trinajstić information content (AvgIpc) is 3.23. The van der Waals surface area contributed by atoms with Crippen molar-refractivity contribution >= 4 is 11.7 Å². The number of aromatic nitrogens is 1. The molecule has 1 aromatic heterocycles. The molecule has 1 aliphatic rings. The largest absolute Gasteiger partial charge is 0.510 e. The van der Waals surface area contributed by atoms with Crippen LogP contribution >= 0.6 is 0 Å². The van der Waals surface area contributed by atoms with Crippen molar-refractivity contribution in [1.82, 2.24) is 4.98 Å². The summed E-state index contributed by atoms with van der Waals surface area (Å²) in [6.45, 7) is 0. The molecule has 8 heteroatoms. The van der Waals surface area contributed by atoms with Crippen molar-refractivity contribution in [2.24, 2.45) is 5.92 Å². The van der Waals surface area contributed by atoms with Gasteiger partial charge in [-0.25, -0.2) is 4.98 Å². The summed E-state index contributed by atoms with van der Waals surface area (Å²) in [6.07, 6.45) is -2.55. The third kappa shape index (κ3) is 3.51. The summed E-state index contributed by atoms with van der Waals surface area (Å²) in [6, 6.07) is 3.33. The Hall–Kier alpha value is -2.56. The van der Waals surface area contributed by atoms with Gasteiger partial charge in [0.05, 0.1) is 5.56 Å². The van der Waals surface area contributed by atoms with Crippen LogP contribution in [0.4, 0.5) is 19.0 Å². The molecule has 110 valence electrons. The molecule has 1 amide bonds. The van der Waals surface area contributed by atoms with Gasteiger partial charge in [-0.1, -0.05) is 0 Å². The minimum absolute atomic E-state index is 0.135. The van der Waals surface area contributed by atoms with Crippen molar-refractivity contribution < 1.29 is 23.1 Å². The summed E-state index contributed by atoms with van der Waals surface area (Å²) < 4.78 is 37.1. The van der Waals surface area contributed by atoms with Gasteiger partial charge in [-0.05, 0) is 25.0 Å². The van der Waals surface area contributed by atoms with Crippen LogP contribution in [-0.4, -0.2) is 16.0 Å². The molecule has 0 aromatic carbocycles. The summed E-state index contributed by atoms with van der Waals surface area (Å²) in [7, 11) is 0. The van der Waals surface area contributed by atoms with E-state index in [0.29, 0.717) is 19.0 Å². The Bertz CT molecular complexity index is 626. The van der Waals surface area contributed by atoms with E-state index in [0.717, 1.165) is 12.1 Å². The summed E-state index contributed by atoms with van der Waals surface area (Å²) in [5.41, 5.74) is -1.39. The highest BCUT2D eigenvalue weighted by molar-refractivity contribution is 6.06. The molecule has 1 aliphatic carbocycles. The lowest BCUT2D eigenvalue weighted by atomic mass is 10.1. The van der Waals surface area contributed by atoms with E-state index < -0.39 is 23.2 Å². The third-order valence-corrected chi connectivity index (χ3v) is 2.89. The molecule has 0 spiro atoms. The smallest absolute Gasteiger partial charge is 0.417 e. The summed E-state index contributed by atoms with van der Waals surface area (Å²) >= 11 is 0. The average molecular weight is 297 g/mol. The second-order valence-electron chi connectivity index (χ2n) is 4.53. The van der Waals surface area contributed by atoms with Crippen LogP contribution < -0.4 is 5.32 Å². The van der Waals surface area contributed by atoms with Gasteiger partial charge < -0.3 is 10.4 Å². The van der Waals surface area contributed by atoms with E-state index in [-0.39, 0.29) is 17.5 Å². The van der Waals surface area contributed by atoms with E-state index >= 15 is 0 Å². The first-order chi connectivity index (χ1) is 9.82. The molecule has 1 saturated carbocycles. The SMILES string of the molecule is N#C/C(C(=O)Nc1ccc(C(F)(F)F)cn1)=C(/O)C1CC1. The topological polar surface area (TPSA) is 86.0 Å². The molecular formula is C13H10F3N3O2. The molecule has 21 heavy (non-hydrogen) atoms. The van der Waals surface area contributed by atoms with Gasteiger partial charge in [0, 0.05) is 12.1 Å². The number of pyridine rings is 1. The maximum Gasteiger partial charge on any atom is 0.417 e. The van der Waals surface area contributed by atoms with E-state index in [2.05, 4.69) is 10.3 Å². The number of nitrogens with one attached hydrogen (secondary N) is 1. The molecular weight excluding hydrogens is 287 g/mol. The van der Waals surface area contributed by atoms with Gasteiger partial charge in [0.15, 0.2) is 5.57 Å². The molecule has 2 rings (SSSR count). The van der Waals surface area contributed by atoms with Crippen molar-refractivity contribution in [3.8, 4) is 6.07 Å². The fraction of sp³-hybridized carbons (Fsp3) is 0.308. The minimum atomic E-state index is -4.52. The Morgan fingerprint density at radius 3 is 2.52 bits per heavy atom. The number of hydrogen-bond donors (Lipinski definition) is 2. The molecule has 0 radical (unpaired) electrons. The van der Waals surface area contributed by atoms with Crippen molar-refractivity contribution in [2.45, 2.75) is 19.0 Å². The van der Waals surface area contributed by atoms with Gasteiger partial charge in [0.25, 0.3) is 5.91 Å². The van der Waals surface area contributed by atoms with Crippen LogP contribution in [0.5, 0.6) is 0 Å². The number of aliphatic hydroxyl groups is 1. The van der Waals surface area contributed by atoms with Crippen LogP contribution in [0.3, 0.4) is 0 Å². The van der Waals surface area contributed by atoms with E-state index in [1.54, 1.807) is 6.07 Å². The number of alkyl halides is 3. The highest BCUT2D eigenvalue weighted by Crippen LogP contribution is 2.36. The fourth-order valence-corrected chi connectivity index (χ4v) is 1.60. The predicted molar refractivity (Wildman–Crippen MR) is 65.9 cm³/mol.